The first kappa shape index (κ1) is 19.8. The van der Waals surface area contributed by atoms with Crippen LogP contribution in [-0.2, 0) is 18.8 Å². The van der Waals surface area contributed by atoms with E-state index in [1.54, 1.807) is 24.3 Å². The Balaban J connectivity index is 2.01. The number of hydrogen-bond donors (Lipinski definition) is 1. The predicted octanol–water partition coefficient (Wildman–Crippen LogP) is 5.71. The molecule has 3 nitrogen and oxygen atoms in total. The number of methoxy groups -OCH3 is 1. The number of ether oxygens (including phenoxy) is 1. The third kappa shape index (κ3) is 4.13. The molecule has 2 aromatic carbocycles. The van der Waals surface area contributed by atoms with Gasteiger partial charge in [-0.2, -0.15) is 26.3 Å². The molecule has 0 radical (unpaired) electrons. The maximum atomic E-state index is 13.4. The van der Waals surface area contributed by atoms with Crippen LogP contribution in [0, 0.1) is 0 Å². The van der Waals surface area contributed by atoms with Gasteiger partial charge < -0.3 is 9.72 Å². The summed E-state index contributed by atoms with van der Waals surface area (Å²) in [6.07, 6.45) is -9.39. The van der Waals surface area contributed by atoms with E-state index in [1.807, 2.05) is 0 Å². The molecule has 3 rings (SSSR count). The minimum atomic E-state index is -4.72. The maximum Gasteiger partial charge on any atom is 0.435 e. The Kier molecular flexibility index (Phi) is 5.10. The van der Waals surface area contributed by atoms with E-state index in [-0.39, 0.29) is 23.5 Å². The van der Waals surface area contributed by atoms with E-state index in [0.29, 0.717) is 11.3 Å². The van der Waals surface area contributed by atoms with E-state index in [0.717, 1.165) is 24.3 Å². The summed E-state index contributed by atoms with van der Waals surface area (Å²) in [4.78, 5) is 6.19. The molecule has 0 saturated heterocycles. The zero-order valence-electron chi connectivity index (χ0n) is 14.4. The highest BCUT2D eigenvalue weighted by molar-refractivity contribution is 5.57. The molecule has 0 unspecified atom stereocenters. The van der Waals surface area contributed by atoms with Gasteiger partial charge in [0, 0.05) is 17.5 Å². The van der Waals surface area contributed by atoms with Gasteiger partial charge in [0.25, 0.3) is 0 Å². The van der Waals surface area contributed by atoms with E-state index in [2.05, 4.69) is 9.97 Å². The summed E-state index contributed by atoms with van der Waals surface area (Å²) in [5, 5.41) is 0. The molecule has 1 heterocycles. The zero-order chi connectivity index (χ0) is 20.5. The summed E-state index contributed by atoms with van der Waals surface area (Å²) >= 11 is 0. The number of nitrogens with one attached hydrogen (secondary N) is 1. The SMILES string of the molecule is COc1ccccc1Cc1[nH]c(-c2ccc(C(F)(F)F)cc2)nc1C(F)(F)F. The fourth-order valence-corrected chi connectivity index (χ4v) is 2.77. The first-order chi connectivity index (χ1) is 13.1. The molecule has 0 spiro atoms. The van der Waals surface area contributed by atoms with Gasteiger partial charge in [-0.1, -0.05) is 30.3 Å². The molecule has 0 aliphatic rings. The molecule has 1 N–H and O–H groups in total. The standard InChI is InChI=1S/C19H14F6N2O/c1-28-15-5-3-2-4-12(15)10-14-16(19(23,24)25)27-17(26-14)11-6-8-13(9-7-11)18(20,21)22/h2-9H,10H2,1H3,(H,26,27). The van der Waals surface area contributed by atoms with Crippen molar-refractivity contribution in [2.24, 2.45) is 0 Å². The van der Waals surface area contributed by atoms with E-state index in [4.69, 9.17) is 4.74 Å². The van der Waals surface area contributed by atoms with Crippen molar-refractivity contribution in [3.05, 3.63) is 71.0 Å². The van der Waals surface area contributed by atoms with Crippen molar-refractivity contribution in [2.75, 3.05) is 7.11 Å². The Morgan fingerprint density at radius 2 is 1.54 bits per heavy atom. The number of aromatic amines is 1. The molecule has 0 fully saturated rings. The van der Waals surface area contributed by atoms with Gasteiger partial charge in [-0.3, -0.25) is 0 Å². The second-order valence-electron chi connectivity index (χ2n) is 5.97. The van der Waals surface area contributed by atoms with Crippen LogP contribution in [0.5, 0.6) is 5.75 Å². The molecule has 1 aromatic heterocycles. The third-order valence-electron chi connectivity index (χ3n) is 4.09. The molecule has 148 valence electrons. The smallest absolute Gasteiger partial charge is 0.435 e. The van der Waals surface area contributed by atoms with E-state index >= 15 is 0 Å². The van der Waals surface area contributed by atoms with Gasteiger partial charge in [0.2, 0.25) is 0 Å². The molecule has 0 saturated carbocycles. The number of nitrogens with zero attached hydrogens (tertiary/aromatic N) is 1. The lowest BCUT2D eigenvalue weighted by atomic mass is 10.1. The first-order valence-corrected chi connectivity index (χ1v) is 8.05. The normalized spacial score (nSPS) is 12.2. The minimum Gasteiger partial charge on any atom is -0.496 e. The number of imidazole rings is 1. The summed E-state index contributed by atoms with van der Waals surface area (Å²) in [6, 6.07) is 10.3. The van der Waals surface area contributed by atoms with Gasteiger partial charge in [-0.25, -0.2) is 4.98 Å². The molecule has 0 bridgehead atoms. The molecule has 0 aliphatic heterocycles. The van der Waals surface area contributed by atoms with Crippen molar-refractivity contribution in [1.29, 1.82) is 0 Å². The van der Waals surface area contributed by atoms with Crippen LogP contribution >= 0.6 is 0 Å². The van der Waals surface area contributed by atoms with Crippen LogP contribution in [0.4, 0.5) is 26.3 Å². The fraction of sp³-hybridized carbons (Fsp3) is 0.211. The van der Waals surface area contributed by atoms with Crippen LogP contribution < -0.4 is 4.74 Å². The average Bonchev–Trinajstić information content (AvgIpc) is 3.06. The number of alkyl halides is 6. The van der Waals surface area contributed by atoms with Crippen LogP contribution in [0.25, 0.3) is 11.4 Å². The van der Waals surface area contributed by atoms with Crippen molar-refractivity contribution in [2.45, 2.75) is 18.8 Å². The summed E-state index contributed by atoms with van der Waals surface area (Å²) in [6.45, 7) is 0. The summed E-state index contributed by atoms with van der Waals surface area (Å²) < 4.78 is 83.4. The number of halogens is 6. The van der Waals surface area contributed by atoms with Crippen LogP contribution in [0.15, 0.2) is 48.5 Å². The number of aromatic nitrogens is 2. The van der Waals surface area contributed by atoms with Crippen molar-refractivity contribution in [3.8, 4) is 17.1 Å². The Bertz CT molecular complexity index is 958. The molecular formula is C19H14F6N2O. The van der Waals surface area contributed by atoms with Crippen LogP contribution in [0.2, 0.25) is 0 Å². The number of rotatable bonds is 4. The zero-order valence-corrected chi connectivity index (χ0v) is 14.4. The van der Waals surface area contributed by atoms with Gasteiger partial charge in [-0.15, -0.1) is 0 Å². The molecule has 28 heavy (non-hydrogen) atoms. The van der Waals surface area contributed by atoms with Crippen molar-refractivity contribution >= 4 is 0 Å². The number of hydrogen-bond acceptors (Lipinski definition) is 2. The van der Waals surface area contributed by atoms with Gasteiger partial charge >= 0.3 is 12.4 Å². The van der Waals surface area contributed by atoms with E-state index < -0.39 is 23.6 Å². The Labute approximate surface area is 156 Å². The molecular weight excluding hydrogens is 386 g/mol. The topological polar surface area (TPSA) is 37.9 Å². The number of para-hydroxylation sites is 1. The van der Waals surface area contributed by atoms with Gasteiger partial charge in [0.1, 0.15) is 11.6 Å². The quantitative estimate of drug-likeness (QED) is 0.570. The van der Waals surface area contributed by atoms with Crippen molar-refractivity contribution in [3.63, 3.8) is 0 Å². The van der Waals surface area contributed by atoms with Crippen LogP contribution in [0.3, 0.4) is 0 Å². The van der Waals surface area contributed by atoms with Crippen molar-refractivity contribution in [1.82, 2.24) is 9.97 Å². The maximum absolute atomic E-state index is 13.4. The Hall–Kier alpha value is -2.97. The molecule has 0 aliphatic carbocycles. The molecule has 0 amide bonds. The van der Waals surface area contributed by atoms with E-state index in [9.17, 15) is 26.3 Å². The highest BCUT2D eigenvalue weighted by Gasteiger charge is 2.37. The average molecular weight is 400 g/mol. The van der Waals surface area contributed by atoms with Gasteiger partial charge in [-0.05, 0) is 18.2 Å². The lowest BCUT2D eigenvalue weighted by Gasteiger charge is -2.09. The second-order valence-corrected chi connectivity index (χ2v) is 5.97. The van der Waals surface area contributed by atoms with Gasteiger partial charge in [0.15, 0.2) is 5.69 Å². The third-order valence-corrected chi connectivity index (χ3v) is 4.09. The first-order valence-electron chi connectivity index (χ1n) is 8.05. The van der Waals surface area contributed by atoms with Crippen molar-refractivity contribution < 1.29 is 31.1 Å². The number of benzene rings is 2. The minimum absolute atomic E-state index is 0.116. The molecule has 0 atom stereocenters. The lowest BCUT2D eigenvalue weighted by molar-refractivity contribution is -0.141. The monoisotopic (exact) mass is 400 g/mol. The largest absolute Gasteiger partial charge is 0.496 e. The summed E-state index contributed by atoms with van der Waals surface area (Å²) in [5.74, 6) is 0.257. The predicted molar refractivity (Wildman–Crippen MR) is 89.8 cm³/mol. The lowest BCUT2D eigenvalue weighted by Crippen LogP contribution is -2.09. The van der Waals surface area contributed by atoms with Gasteiger partial charge in [0.05, 0.1) is 18.4 Å². The van der Waals surface area contributed by atoms with Crippen LogP contribution in [0.1, 0.15) is 22.5 Å². The Morgan fingerprint density at radius 1 is 0.893 bits per heavy atom. The highest BCUT2D eigenvalue weighted by Crippen LogP contribution is 2.35. The fourth-order valence-electron chi connectivity index (χ4n) is 2.77. The Morgan fingerprint density at radius 3 is 2.11 bits per heavy atom. The van der Waals surface area contributed by atoms with Crippen LogP contribution in [-0.4, -0.2) is 17.1 Å². The summed E-state index contributed by atoms with van der Waals surface area (Å²) in [5.41, 5.74) is -1.59. The van der Waals surface area contributed by atoms with E-state index in [1.165, 1.54) is 7.11 Å². The molecule has 3 aromatic rings. The summed E-state index contributed by atoms with van der Waals surface area (Å²) in [7, 11) is 1.41. The number of H-pyrrole nitrogens is 1. The highest BCUT2D eigenvalue weighted by atomic mass is 19.4. The molecule has 9 heteroatoms. The second kappa shape index (κ2) is 7.21.